The minimum absolute atomic E-state index is 0.142. The number of aryl methyl sites for hydroxylation is 1. The van der Waals surface area contributed by atoms with E-state index in [0.29, 0.717) is 11.6 Å². The molecule has 1 saturated heterocycles. The molecular weight excluding hydrogens is 246 g/mol. The Hall–Kier alpha value is -1.69. The van der Waals surface area contributed by atoms with Gasteiger partial charge in [0.15, 0.2) is 0 Å². The second kappa shape index (κ2) is 5.52. The fourth-order valence-electron chi connectivity index (χ4n) is 2.10. The largest absolute Gasteiger partial charge is 0.478 e. The molecule has 6 heteroatoms. The van der Waals surface area contributed by atoms with Crippen LogP contribution in [-0.4, -0.2) is 40.8 Å². The molecule has 0 amide bonds. The minimum Gasteiger partial charge on any atom is -0.478 e. The Morgan fingerprint density at radius 1 is 1.53 bits per heavy atom. The van der Waals surface area contributed by atoms with E-state index in [1.807, 2.05) is 0 Å². The predicted octanol–water partition coefficient (Wildman–Crippen LogP) is 1.71. The number of carboxylic acid groups (broad SMARTS) is 1. The van der Waals surface area contributed by atoms with Crippen molar-refractivity contribution in [1.82, 2.24) is 9.97 Å². The monoisotopic (exact) mass is 265 g/mol. The number of nitrogens with zero attached hydrogens (tertiary/aromatic N) is 2. The SMILES string of the molecule is Cc1nc(NCC2(C)CCOCC2)ncc1C(=O)O. The van der Waals surface area contributed by atoms with E-state index in [2.05, 4.69) is 22.2 Å². The van der Waals surface area contributed by atoms with Crippen molar-refractivity contribution in [3.63, 3.8) is 0 Å². The summed E-state index contributed by atoms with van der Waals surface area (Å²) in [5.41, 5.74) is 0.797. The van der Waals surface area contributed by atoms with Crippen LogP contribution in [0.2, 0.25) is 0 Å². The summed E-state index contributed by atoms with van der Waals surface area (Å²) >= 11 is 0. The highest BCUT2D eigenvalue weighted by molar-refractivity contribution is 5.88. The minimum atomic E-state index is -1.000. The molecule has 1 fully saturated rings. The summed E-state index contributed by atoms with van der Waals surface area (Å²) in [6.45, 7) is 6.22. The summed E-state index contributed by atoms with van der Waals surface area (Å²) in [7, 11) is 0. The van der Waals surface area contributed by atoms with Gasteiger partial charge in [-0.2, -0.15) is 0 Å². The van der Waals surface area contributed by atoms with E-state index in [4.69, 9.17) is 9.84 Å². The summed E-state index contributed by atoms with van der Waals surface area (Å²) in [6, 6.07) is 0. The highest BCUT2D eigenvalue weighted by Gasteiger charge is 2.27. The Labute approximate surface area is 112 Å². The van der Waals surface area contributed by atoms with Crippen LogP contribution < -0.4 is 5.32 Å². The van der Waals surface area contributed by atoms with E-state index in [9.17, 15) is 4.79 Å². The highest BCUT2D eigenvalue weighted by atomic mass is 16.5. The fourth-order valence-corrected chi connectivity index (χ4v) is 2.10. The Kier molecular flexibility index (Phi) is 3.99. The van der Waals surface area contributed by atoms with Crippen molar-refractivity contribution in [2.75, 3.05) is 25.1 Å². The predicted molar refractivity (Wildman–Crippen MR) is 70.4 cm³/mol. The van der Waals surface area contributed by atoms with Gasteiger partial charge in [0, 0.05) is 26.0 Å². The number of anilines is 1. The maximum atomic E-state index is 10.9. The standard InChI is InChI=1S/C13H19N3O3/c1-9-10(11(17)18)7-14-12(16-9)15-8-13(2)3-5-19-6-4-13/h7H,3-6,8H2,1-2H3,(H,17,18)(H,14,15,16). The Morgan fingerprint density at radius 3 is 2.79 bits per heavy atom. The van der Waals surface area contributed by atoms with Crippen LogP contribution in [0, 0.1) is 12.3 Å². The molecule has 104 valence electrons. The van der Waals surface area contributed by atoms with Crippen molar-refractivity contribution in [1.29, 1.82) is 0 Å². The smallest absolute Gasteiger partial charge is 0.339 e. The van der Waals surface area contributed by atoms with Gasteiger partial charge < -0.3 is 15.2 Å². The van der Waals surface area contributed by atoms with E-state index < -0.39 is 5.97 Å². The number of aromatic nitrogens is 2. The third kappa shape index (κ3) is 3.41. The molecule has 0 aromatic carbocycles. The van der Waals surface area contributed by atoms with Gasteiger partial charge in [0.1, 0.15) is 0 Å². The van der Waals surface area contributed by atoms with Gasteiger partial charge in [-0.05, 0) is 25.2 Å². The van der Waals surface area contributed by atoms with Crippen LogP contribution in [0.4, 0.5) is 5.95 Å². The maximum absolute atomic E-state index is 10.9. The van der Waals surface area contributed by atoms with Gasteiger partial charge in [0.2, 0.25) is 5.95 Å². The quantitative estimate of drug-likeness (QED) is 0.862. The lowest BCUT2D eigenvalue weighted by molar-refractivity contribution is 0.0299. The summed E-state index contributed by atoms with van der Waals surface area (Å²) in [4.78, 5) is 19.1. The molecule has 6 nitrogen and oxygen atoms in total. The molecule has 0 atom stereocenters. The number of aromatic carboxylic acids is 1. The van der Waals surface area contributed by atoms with Gasteiger partial charge in [-0.15, -0.1) is 0 Å². The van der Waals surface area contributed by atoms with E-state index >= 15 is 0 Å². The average Bonchev–Trinajstić information content (AvgIpc) is 2.37. The lowest BCUT2D eigenvalue weighted by Gasteiger charge is -2.33. The summed E-state index contributed by atoms with van der Waals surface area (Å²) in [6.07, 6.45) is 3.36. The third-order valence-corrected chi connectivity index (χ3v) is 3.58. The van der Waals surface area contributed by atoms with Gasteiger partial charge in [0.05, 0.1) is 11.3 Å². The van der Waals surface area contributed by atoms with Gasteiger partial charge in [0.25, 0.3) is 0 Å². The molecule has 2 heterocycles. The number of hydrogen-bond acceptors (Lipinski definition) is 5. The van der Waals surface area contributed by atoms with Crippen LogP contribution in [0.15, 0.2) is 6.20 Å². The molecule has 0 aliphatic carbocycles. The molecule has 2 rings (SSSR count). The molecule has 1 aromatic rings. The number of rotatable bonds is 4. The van der Waals surface area contributed by atoms with E-state index in [0.717, 1.165) is 32.6 Å². The van der Waals surface area contributed by atoms with Crippen molar-refractivity contribution in [3.8, 4) is 0 Å². The van der Waals surface area contributed by atoms with Crippen molar-refractivity contribution in [3.05, 3.63) is 17.5 Å². The van der Waals surface area contributed by atoms with Crippen LogP contribution in [-0.2, 0) is 4.74 Å². The normalized spacial score (nSPS) is 18.0. The van der Waals surface area contributed by atoms with Gasteiger partial charge in [-0.3, -0.25) is 0 Å². The zero-order valence-corrected chi connectivity index (χ0v) is 11.3. The highest BCUT2D eigenvalue weighted by Crippen LogP contribution is 2.29. The van der Waals surface area contributed by atoms with Crippen molar-refractivity contribution in [2.45, 2.75) is 26.7 Å². The lowest BCUT2D eigenvalue weighted by Crippen LogP contribution is -2.33. The number of hydrogen-bond donors (Lipinski definition) is 2. The first kappa shape index (κ1) is 13.7. The van der Waals surface area contributed by atoms with E-state index in [1.54, 1.807) is 6.92 Å². The zero-order valence-electron chi connectivity index (χ0n) is 11.3. The topological polar surface area (TPSA) is 84.3 Å². The Bertz CT molecular complexity index is 470. The third-order valence-electron chi connectivity index (χ3n) is 3.58. The second-order valence-corrected chi connectivity index (χ2v) is 5.27. The first-order valence-corrected chi connectivity index (χ1v) is 6.39. The molecule has 0 spiro atoms. The first-order valence-electron chi connectivity index (χ1n) is 6.39. The molecular formula is C13H19N3O3. The molecule has 1 aliphatic heterocycles. The fraction of sp³-hybridized carbons (Fsp3) is 0.615. The summed E-state index contributed by atoms with van der Waals surface area (Å²) in [5, 5.41) is 12.1. The number of carboxylic acids is 1. The van der Waals surface area contributed by atoms with Crippen molar-refractivity contribution < 1.29 is 14.6 Å². The van der Waals surface area contributed by atoms with Crippen molar-refractivity contribution >= 4 is 11.9 Å². The van der Waals surface area contributed by atoms with E-state index in [-0.39, 0.29) is 11.0 Å². The number of ether oxygens (including phenoxy) is 1. The van der Waals surface area contributed by atoms with Crippen LogP contribution in [0.25, 0.3) is 0 Å². The van der Waals surface area contributed by atoms with Crippen LogP contribution in [0.1, 0.15) is 35.8 Å². The first-order chi connectivity index (χ1) is 9.00. The molecule has 0 radical (unpaired) electrons. The molecule has 2 N–H and O–H groups in total. The number of carbonyl (C=O) groups is 1. The summed E-state index contributed by atoms with van der Waals surface area (Å²) in [5.74, 6) is -0.518. The zero-order chi connectivity index (χ0) is 13.9. The van der Waals surface area contributed by atoms with Crippen LogP contribution >= 0.6 is 0 Å². The van der Waals surface area contributed by atoms with Crippen LogP contribution in [0.3, 0.4) is 0 Å². The Balaban J connectivity index is 2.00. The van der Waals surface area contributed by atoms with Crippen molar-refractivity contribution in [2.24, 2.45) is 5.41 Å². The second-order valence-electron chi connectivity index (χ2n) is 5.27. The molecule has 1 aromatic heterocycles. The number of nitrogens with one attached hydrogen (secondary N) is 1. The maximum Gasteiger partial charge on any atom is 0.339 e. The summed E-state index contributed by atoms with van der Waals surface area (Å²) < 4.78 is 5.35. The van der Waals surface area contributed by atoms with Gasteiger partial charge in [-0.1, -0.05) is 6.92 Å². The average molecular weight is 265 g/mol. The van der Waals surface area contributed by atoms with Crippen LogP contribution in [0.5, 0.6) is 0 Å². The lowest BCUT2D eigenvalue weighted by atomic mass is 9.82. The molecule has 1 aliphatic rings. The van der Waals surface area contributed by atoms with Gasteiger partial charge in [-0.25, -0.2) is 14.8 Å². The molecule has 19 heavy (non-hydrogen) atoms. The molecule has 0 bridgehead atoms. The van der Waals surface area contributed by atoms with E-state index in [1.165, 1.54) is 6.20 Å². The molecule has 0 saturated carbocycles. The Morgan fingerprint density at radius 2 is 2.21 bits per heavy atom. The van der Waals surface area contributed by atoms with Gasteiger partial charge >= 0.3 is 5.97 Å². The molecule has 0 unspecified atom stereocenters.